The van der Waals surface area contributed by atoms with Gasteiger partial charge in [0.1, 0.15) is 11.5 Å². The zero-order valence-corrected chi connectivity index (χ0v) is 18.3. The van der Waals surface area contributed by atoms with Crippen LogP contribution < -0.4 is 5.43 Å². The highest BCUT2D eigenvalue weighted by Crippen LogP contribution is 2.23. The summed E-state index contributed by atoms with van der Waals surface area (Å²) < 4.78 is 6.76. The number of amides is 1. The normalized spacial score (nSPS) is 11.2. The third-order valence-corrected chi connectivity index (χ3v) is 5.17. The number of hydrogen-bond donors (Lipinski definition) is 1. The van der Waals surface area contributed by atoms with Gasteiger partial charge in [0.2, 0.25) is 5.91 Å². The predicted octanol–water partition coefficient (Wildman–Crippen LogP) is 7.08. The van der Waals surface area contributed by atoms with Crippen LogP contribution in [0.2, 0.25) is 0 Å². The van der Waals surface area contributed by atoms with Crippen LogP contribution in [0.5, 0.6) is 0 Å². The number of unbranched alkanes of at least 4 members (excludes halogenated alkanes) is 8. The Labute approximate surface area is 176 Å². The molecular formula is C23H31BrN2O2. The van der Waals surface area contributed by atoms with Gasteiger partial charge in [0.05, 0.1) is 6.21 Å². The molecule has 0 fully saturated rings. The first-order valence-electron chi connectivity index (χ1n) is 10.4. The van der Waals surface area contributed by atoms with Gasteiger partial charge in [-0.25, -0.2) is 5.43 Å². The number of carbonyl (C=O) groups is 1. The highest BCUT2D eigenvalue weighted by molar-refractivity contribution is 9.10. The number of nitrogens with zero attached hydrogens (tertiary/aromatic N) is 1. The molecule has 5 heteroatoms. The van der Waals surface area contributed by atoms with Crippen LogP contribution in [0.1, 0.15) is 76.9 Å². The van der Waals surface area contributed by atoms with Gasteiger partial charge in [0, 0.05) is 16.5 Å². The van der Waals surface area contributed by atoms with Gasteiger partial charge in [-0.1, -0.05) is 86.4 Å². The van der Waals surface area contributed by atoms with Crippen molar-refractivity contribution >= 4 is 28.1 Å². The summed E-state index contributed by atoms with van der Waals surface area (Å²) in [5, 5.41) is 3.99. The minimum atomic E-state index is -0.0427. The second-order valence-electron chi connectivity index (χ2n) is 7.08. The van der Waals surface area contributed by atoms with Gasteiger partial charge >= 0.3 is 0 Å². The molecule has 0 atom stereocenters. The number of hydrazone groups is 1. The van der Waals surface area contributed by atoms with Gasteiger partial charge in [0.25, 0.3) is 0 Å². The Bertz CT molecular complexity index is 722. The molecule has 28 heavy (non-hydrogen) atoms. The molecule has 0 saturated carbocycles. The summed E-state index contributed by atoms with van der Waals surface area (Å²) in [6, 6.07) is 11.6. The summed E-state index contributed by atoms with van der Waals surface area (Å²) in [6.07, 6.45) is 13.3. The van der Waals surface area contributed by atoms with Gasteiger partial charge < -0.3 is 4.42 Å². The van der Waals surface area contributed by atoms with Crippen LogP contribution >= 0.6 is 15.9 Å². The van der Waals surface area contributed by atoms with Crippen molar-refractivity contribution in [1.29, 1.82) is 0 Å². The maximum atomic E-state index is 11.8. The molecule has 152 valence electrons. The molecule has 1 heterocycles. The Morgan fingerprint density at radius 2 is 1.61 bits per heavy atom. The van der Waals surface area contributed by atoms with E-state index in [1.165, 1.54) is 51.2 Å². The van der Waals surface area contributed by atoms with Crippen LogP contribution in [-0.4, -0.2) is 12.1 Å². The maximum absolute atomic E-state index is 11.8. The molecule has 0 aliphatic rings. The fourth-order valence-electron chi connectivity index (χ4n) is 3.01. The topological polar surface area (TPSA) is 54.6 Å². The van der Waals surface area contributed by atoms with E-state index in [9.17, 15) is 4.79 Å². The highest BCUT2D eigenvalue weighted by Gasteiger charge is 2.04. The molecule has 0 aliphatic heterocycles. The number of halogens is 1. The molecule has 1 aromatic heterocycles. The van der Waals surface area contributed by atoms with Crippen molar-refractivity contribution in [3.05, 3.63) is 46.6 Å². The summed E-state index contributed by atoms with van der Waals surface area (Å²) in [6.45, 7) is 2.24. The van der Waals surface area contributed by atoms with E-state index in [1.807, 2.05) is 36.4 Å². The van der Waals surface area contributed by atoms with Crippen molar-refractivity contribution in [3.8, 4) is 11.3 Å². The van der Waals surface area contributed by atoms with Gasteiger partial charge in [-0.2, -0.15) is 5.10 Å². The van der Waals surface area contributed by atoms with Crippen LogP contribution in [0.25, 0.3) is 11.3 Å². The second-order valence-corrected chi connectivity index (χ2v) is 8.00. The molecule has 0 spiro atoms. The van der Waals surface area contributed by atoms with Crippen LogP contribution in [0.15, 0.2) is 50.4 Å². The molecule has 0 bridgehead atoms. The van der Waals surface area contributed by atoms with Crippen molar-refractivity contribution in [3.63, 3.8) is 0 Å². The molecule has 2 aromatic rings. The summed E-state index contributed by atoms with van der Waals surface area (Å²) in [5.74, 6) is 1.34. The first-order valence-corrected chi connectivity index (χ1v) is 11.2. The standard InChI is InChI=1S/C23H31BrN2O2/c1-2-3-4-5-6-7-8-9-10-11-23(27)26-25-18-21-16-17-22(28-21)19-12-14-20(24)15-13-19/h12-18H,2-11H2,1H3,(H,26,27). The number of benzene rings is 1. The monoisotopic (exact) mass is 446 g/mol. The van der Waals surface area contributed by atoms with E-state index in [0.717, 1.165) is 28.6 Å². The number of rotatable bonds is 13. The van der Waals surface area contributed by atoms with Crippen LogP contribution in [0, 0.1) is 0 Å². The molecule has 0 saturated heterocycles. The van der Waals surface area contributed by atoms with Crippen molar-refractivity contribution in [2.75, 3.05) is 0 Å². The third kappa shape index (κ3) is 8.87. The molecule has 0 unspecified atom stereocenters. The van der Waals surface area contributed by atoms with E-state index >= 15 is 0 Å². The summed E-state index contributed by atoms with van der Waals surface area (Å²) in [4.78, 5) is 11.8. The van der Waals surface area contributed by atoms with Crippen molar-refractivity contribution in [2.45, 2.75) is 71.1 Å². The van der Waals surface area contributed by atoms with E-state index in [0.29, 0.717) is 12.2 Å². The number of carbonyl (C=O) groups excluding carboxylic acids is 1. The lowest BCUT2D eigenvalue weighted by Gasteiger charge is -2.02. The average Bonchev–Trinajstić information content (AvgIpc) is 3.16. The van der Waals surface area contributed by atoms with Crippen LogP contribution in [0.4, 0.5) is 0 Å². The van der Waals surface area contributed by atoms with Gasteiger partial charge in [-0.3, -0.25) is 4.79 Å². The molecule has 4 nitrogen and oxygen atoms in total. The van der Waals surface area contributed by atoms with E-state index in [4.69, 9.17) is 4.42 Å². The van der Waals surface area contributed by atoms with Crippen molar-refractivity contribution < 1.29 is 9.21 Å². The summed E-state index contributed by atoms with van der Waals surface area (Å²) in [7, 11) is 0. The lowest BCUT2D eigenvalue weighted by Crippen LogP contribution is -2.16. The zero-order valence-electron chi connectivity index (χ0n) is 16.8. The molecule has 1 amide bonds. The maximum Gasteiger partial charge on any atom is 0.240 e. The molecule has 0 radical (unpaired) electrons. The zero-order chi connectivity index (χ0) is 20.0. The fraction of sp³-hybridized carbons (Fsp3) is 0.478. The Morgan fingerprint density at radius 3 is 2.29 bits per heavy atom. The van der Waals surface area contributed by atoms with Crippen LogP contribution in [0.3, 0.4) is 0 Å². The molecule has 2 rings (SSSR count). The average molecular weight is 447 g/mol. The third-order valence-electron chi connectivity index (χ3n) is 4.64. The van der Waals surface area contributed by atoms with Crippen molar-refractivity contribution in [1.82, 2.24) is 5.43 Å². The Kier molecular flexibility index (Phi) is 10.7. The molecule has 1 aromatic carbocycles. The quantitative estimate of drug-likeness (QED) is 0.203. The first-order chi connectivity index (χ1) is 13.7. The molecule has 0 aliphatic carbocycles. The highest BCUT2D eigenvalue weighted by atomic mass is 79.9. The fourth-order valence-corrected chi connectivity index (χ4v) is 3.28. The minimum Gasteiger partial charge on any atom is -0.455 e. The van der Waals surface area contributed by atoms with E-state index in [1.54, 1.807) is 0 Å². The Morgan fingerprint density at radius 1 is 0.964 bits per heavy atom. The van der Waals surface area contributed by atoms with E-state index in [2.05, 4.69) is 33.4 Å². The predicted molar refractivity (Wildman–Crippen MR) is 119 cm³/mol. The Balaban J connectivity index is 1.58. The number of nitrogens with one attached hydrogen (secondary N) is 1. The van der Waals surface area contributed by atoms with E-state index in [-0.39, 0.29) is 5.91 Å². The summed E-state index contributed by atoms with van der Waals surface area (Å²) >= 11 is 3.42. The van der Waals surface area contributed by atoms with Gasteiger partial charge in [0.15, 0.2) is 0 Å². The largest absolute Gasteiger partial charge is 0.455 e. The smallest absolute Gasteiger partial charge is 0.240 e. The molecular weight excluding hydrogens is 416 g/mol. The lowest BCUT2D eigenvalue weighted by molar-refractivity contribution is -0.121. The molecule has 1 N–H and O–H groups in total. The van der Waals surface area contributed by atoms with Crippen LogP contribution in [-0.2, 0) is 4.79 Å². The number of furan rings is 1. The lowest BCUT2D eigenvalue weighted by atomic mass is 10.1. The summed E-state index contributed by atoms with van der Waals surface area (Å²) in [5.41, 5.74) is 3.57. The van der Waals surface area contributed by atoms with Gasteiger partial charge in [-0.05, 0) is 30.7 Å². The van der Waals surface area contributed by atoms with Crippen molar-refractivity contribution in [2.24, 2.45) is 5.10 Å². The first kappa shape index (κ1) is 22.4. The minimum absolute atomic E-state index is 0.0427. The number of hydrogen-bond acceptors (Lipinski definition) is 3. The second kappa shape index (κ2) is 13.3. The van der Waals surface area contributed by atoms with E-state index < -0.39 is 0 Å². The Hall–Kier alpha value is -1.88. The van der Waals surface area contributed by atoms with Gasteiger partial charge in [-0.15, -0.1) is 0 Å². The SMILES string of the molecule is CCCCCCCCCCCC(=O)NN=Cc1ccc(-c2ccc(Br)cc2)o1.